The van der Waals surface area contributed by atoms with Gasteiger partial charge in [0.1, 0.15) is 5.75 Å². The number of aryl methyl sites for hydroxylation is 2. The SMILES string of the molecule is COc1ccc(C(=O)N2C[C@@H](Cc3cc(C)[nH]n3)[C@H](O)C2)cc1C. The molecule has 3 rings (SSSR count). The van der Waals surface area contributed by atoms with Crippen LogP contribution in [-0.2, 0) is 6.42 Å². The van der Waals surface area contributed by atoms with Gasteiger partial charge in [-0.2, -0.15) is 5.10 Å². The lowest BCUT2D eigenvalue weighted by molar-refractivity contribution is 0.0764. The molecule has 2 atom stereocenters. The van der Waals surface area contributed by atoms with Crippen molar-refractivity contribution < 1.29 is 14.6 Å². The van der Waals surface area contributed by atoms with Crippen molar-refractivity contribution in [3.63, 3.8) is 0 Å². The van der Waals surface area contributed by atoms with Gasteiger partial charge in [0.25, 0.3) is 5.91 Å². The van der Waals surface area contributed by atoms with Crippen LogP contribution in [0.25, 0.3) is 0 Å². The lowest BCUT2D eigenvalue weighted by Crippen LogP contribution is -2.29. The number of aromatic nitrogens is 2. The van der Waals surface area contributed by atoms with Crippen molar-refractivity contribution in [1.82, 2.24) is 15.1 Å². The molecule has 6 nitrogen and oxygen atoms in total. The number of carbonyl (C=O) groups excluding carboxylic acids is 1. The number of hydrogen-bond acceptors (Lipinski definition) is 4. The first kappa shape index (κ1) is 16.5. The molecule has 0 unspecified atom stereocenters. The van der Waals surface area contributed by atoms with Gasteiger partial charge in [-0.1, -0.05) is 0 Å². The highest BCUT2D eigenvalue weighted by Crippen LogP contribution is 2.25. The number of nitrogens with one attached hydrogen (secondary N) is 1. The first-order valence-electron chi connectivity index (χ1n) is 8.10. The van der Waals surface area contributed by atoms with Crippen molar-refractivity contribution >= 4 is 5.91 Å². The maximum absolute atomic E-state index is 12.7. The zero-order valence-electron chi connectivity index (χ0n) is 14.2. The average Bonchev–Trinajstić information content (AvgIpc) is 3.13. The van der Waals surface area contributed by atoms with Gasteiger partial charge in [-0.05, 0) is 50.1 Å². The van der Waals surface area contributed by atoms with Crippen molar-refractivity contribution in [2.24, 2.45) is 5.92 Å². The van der Waals surface area contributed by atoms with Gasteiger partial charge in [-0.15, -0.1) is 0 Å². The number of nitrogens with zero attached hydrogens (tertiary/aromatic N) is 2. The Morgan fingerprint density at radius 3 is 2.79 bits per heavy atom. The van der Waals surface area contributed by atoms with Crippen LogP contribution in [0.2, 0.25) is 0 Å². The highest BCUT2D eigenvalue weighted by Gasteiger charge is 2.34. The van der Waals surface area contributed by atoms with E-state index in [0.717, 1.165) is 22.7 Å². The van der Waals surface area contributed by atoms with Gasteiger partial charge in [0.15, 0.2) is 0 Å². The lowest BCUT2D eigenvalue weighted by atomic mass is 10.00. The Labute approximate surface area is 141 Å². The van der Waals surface area contributed by atoms with Crippen LogP contribution >= 0.6 is 0 Å². The molecule has 2 aromatic rings. The Hall–Kier alpha value is -2.34. The van der Waals surface area contributed by atoms with Gasteiger partial charge in [0.05, 0.1) is 18.9 Å². The minimum absolute atomic E-state index is 0.0102. The zero-order chi connectivity index (χ0) is 17.3. The average molecular weight is 329 g/mol. The van der Waals surface area contributed by atoms with E-state index in [-0.39, 0.29) is 11.8 Å². The summed E-state index contributed by atoms with van der Waals surface area (Å²) >= 11 is 0. The Kier molecular flexibility index (Phi) is 4.57. The fraction of sp³-hybridized carbons (Fsp3) is 0.444. The van der Waals surface area contributed by atoms with Gasteiger partial charge in [0, 0.05) is 30.3 Å². The molecule has 128 valence electrons. The number of aliphatic hydroxyl groups excluding tert-OH is 1. The Bertz CT molecular complexity index is 741. The molecule has 1 amide bonds. The molecule has 1 saturated heterocycles. The second-order valence-corrected chi connectivity index (χ2v) is 6.47. The monoisotopic (exact) mass is 329 g/mol. The summed E-state index contributed by atoms with van der Waals surface area (Å²) in [6.45, 7) is 4.76. The van der Waals surface area contributed by atoms with Crippen LogP contribution in [0.5, 0.6) is 5.75 Å². The smallest absolute Gasteiger partial charge is 0.253 e. The third kappa shape index (κ3) is 3.28. The summed E-state index contributed by atoms with van der Waals surface area (Å²) in [5, 5.41) is 17.4. The van der Waals surface area contributed by atoms with E-state index in [4.69, 9.17) is 4.74 Å². The highest BCUT2D eigenvalue weighted by molar-refractivity contribution is 5.94. The number of likely N-dealkylation sites (tertiary alicyclic amines) is 1. The summed E-state index contributed by atoms with van der Waals surface area (Å²) in [6, 6.07) is 7.38. The van der Waals surface area contributed by atoms with Gasteiger partial charge in [0.2, 0.25) is 0 Å². The first-order chi connectivity index (χ1) is 11.5. The van der Waals surface area contributed by atoms with E-state index in [2.05, 4.69) is 10.2 Å². The number of H-pyrrole nitrogens is 1. The largest absolute Gasteiger partial charge is 0.496 e. The van der Waals surface area contributed by atoms with Crippen molar-refractivity contribution in [3.05, 3.63) is 46.8 Å². The van der Waals surface area contributed by atoms with Crippen LogP contribution in [0.15, 0.2) is 24.3 Å². The lowest BCUT2D eigenvalue weighted by Gasteiger charge is -2.17. The van der Waals surface area contributed by atoms with E-state index >= 15 is 0 Å². The number of ether oxygens (including phenoxy) is 1. The quantitative estimate of drug-likeness (QED) is 0.895. The van der Waals surface area contributed by atoms with Gasteiger partial charge >= 0.3 is 0 Å². The van der Waals surface area contributed by atoms with Crippen molar-refractivity contribution in [2.75, 3.05) is 20.2 Å². The maximum Gasteiger partial charge on any atom is 0.253 e. The molecule has 0 aliphatic carbocycles. The molecule has 1 aromatic carbocycles. The summed E-state index contributed by atoms with van der Waals surface area (Å²) in [5.41, 5.74) is 3.47. The molecule has 0 radical (unpaired) electrons. The summed E-state index contributed by atoms with van der Waals surface area (Å²) in [7, 11) is 1.61. The third-order valence-corrected chi connectivity index (χ3v) is 4.57. The molecule has 24 heavy (non-hydrogen) atoms. The molecule has 2 N–H and O–H groups in total. The fourth-order valence-corrected chi connectivity index (χ4v) is 3.26. The number of hydrogen-bond donors (Lipinski definition) is 2. The van der Waals surface area contributed by atoms with Crippen LogP contribution in [0, 0.1) is 19.8 Å². The molecule has 1 aromatic heterocycles. The molecule has 2 heterocycles. The highest BCUT2D eigenvalue weighted by atomic mass is 16.5. The Morgan fingerprint density at radius 1 is 1.38 bits per heavy atom. The zero-order valence-corrected chi connectivity index (χ0v) is 14.2. The van der Waals surface area contributed by atoms with E-state index in [1.54, 1.807) is 24.1 Å². The van der Waals surface area contributed by atoms with Gasteiger partial charge in [-0.3, -0.25) is 9.89 Å². The predicted molar refractivity (Wildman–Crippen MR) is 90.2 cm³/mol. The maximum atomic E-state index is 12.7. The first-order valence-corrected chi connectivity index (χ1v) is 8.10. The van der Waals surface area contributed by atoms with Gasteiger partial charge in [-0.25, -0.2) is 0 Å². The van der Waals surface area contributed by atoms with Gasteiger partial charge < -0.3 is 14.7 Å². The van der Waals surface area contributed by atoms with Crippen LogP contribution in [0.1, 0.15) is 27.3 Å². The minimum atomic E-state index is -0.523. The third-order valence-electron chi connectivity index (χ3n) is 4.57. The normalized spacial score (nSPS) is 20.4. The van der Waals surface area contributed by atoms with Crippen molar-refractivity contribution in [2.45, 2.75) is 26.4 Å². The summed E-state index contributed by atoms with van der Waals surface area (Å²) < 4.78 is 5.23. The number of methoxy groups -OCH3 is 1. The summed E-state index contributed by atoms with van der Waals surface area (Å²) in [5.74, 6) is 0.719. The number of rotatable bonds is 4. The second kappa shape index (κ2) is 6.65. The van der Waals surface area contributed by atoms with Crippen molar-refractivity contribution in [1.29, 1.82) is 0 Å². The Balaban J connectivity index is 1.69. The molecule has 0 bridgehead atoms. The van der Waals surface area contributed by atoms with Crippen LogP contribution < -0.4 is 4.74 Å². The number of aromatic amines is 1. The molecule has 1 fully saturated rings. The molecule has 1 aliphatic heterocycles. The second-order valence-electron chi connectivity index (χ2n) is 6.47. The fourth-order valence-electron chi connectivity index (χ4n) is 3.26. The van der Waals surface area contributed by atoms with Crippen LogP contribution in [-0.4, -0.2) is 52.4 Å². The molecule has 0 spiro atoms. The van der Waals surface area contributed by atoms with E-state index in [1.807, 2.05) is 26.0 Å². The standard InChI is InChI=1S/C18H23N3O3/c1-11-6-13(4-5-17(11)24-3)18(23)21-9-14(16(22)10-21)8-15-7-12(2)19-20-15/h4-7,14,16,22H,8-10H2,1-3H3,(H,19,20)/t14-,16-/m1/s1. The van der Waals surface area contributed by atoms with E-state index in [9.17, 15) is 9.90 Å². The molecular weight excluding hydrogens is 306 g/mol. The summed E-state index contributed by atoms with van der Waals surface area (Å²) in [6.07, 6.45) is 0.141. The summed E-state index contributed by atoms with van der Waals surface area (Å²) in [4.78, 5) is 14.4. The number of aliphatic hydroxyl groups is 1. The number of amides is 1. The van der Waals surface area contributed by atoms with E-state index in [0.29, 0.717) is 25.1 Å². The minimum Gasteiger partial charge on any atom is -0.496 e. The predicted octanol–water partition coefficient (Wildman–Crippen LogP) is 1.71. The van der Waals surface area contributed by atoms with Crippen molar-refractivity contribution in [3.8, 4) is 5.75 Å². The molecule has 0 saturated carbocycles. The van der Waals surface area contributed by atoms with Crippen LogP contribution in [0.3, 0.4) is 0 Å². The Morgan fingerprint density at radius 2 is 2.17 bits per heavy atom. The molecule has 1 aliphatic rings. The number of β-amino-alcohol motifs (C(OH)–C–C–N with tert-alkyl or cyclic N) is 1. The topological polar surface area (TPSA) is 78.5 Å². The van der Waals surface area contributed by atoms with Crippen LogP contribution in [0.4, 0.5) is 0 Å². The number of benzene rings is 1. The van der Waals surface area contributed by atoms with E-state index in [1.165, 1.54) is 0 Å². The molecule has 6 heteroatoms. The van der Waals surface area contributed by atoms with E-state index < -0.39 is 6.10 Å². The molecular formula is C18H23N3O3. The number of carbonyl (C=O) groups is 1.